The van der Waals surface area contributed by atoms with Gasteiger partial charge in [-0.25, -0.2) is 4.79 Å². The van der Waals surface area contributed by atoms with Crippen molar-refractivity contribution >= 4 is 33.4 Å². The summed E-state index contributed by atoms with van der Waals surface area (Å²) in [6, 6.07) is 4.52. The smallest absolute Gasteiger partial charge is 0.410 e. The third-order valence-electron chi connectivity index (χ3n) is 3.03. The molecule has 2 heterocycles. The van der Waals surface area contributed by atoms with Crippen molar-refractivity contribution in [1.29, 1.82) is 0 Å². The highest BCUT2D eigenvalue weighted by Gasteiger charge is 2.29. The van der Waals surface area contributed by atoms with Crippen molar-refractivity contribution in [3.63, 3.8) is 0 Å². The minimum Gasteiger partial charge on any atom is -0.444 e. The molecule has 1 amide bonds. The molecule has 1 aliphatic heterocycles. The first kappa shape index (κ1) is 15.8. The predicted octanol–water partition coefficient (Wildman–Crippen LogP) is 3.61. The van der Waals surface area contributed by atoms with Gasteiger partial charge in [-0.15, -0.1) is 11.3 Å². The van der Waals surface area contributed by atoms with Crippen molar-refractivity contribution in [2.75, 3.05) is 13.1 Å². The number of hydrogen-bond acceptors (Lipinski definition) is 4. The molecule has 2 rings (SSSR count). The molecule has 6 heteroatoms. The van der Waals surface area contributed by atoms with Crippen molar-refractivity contribution in [1.82, 2.24) is 10.2 Å². The van der Waals surface area contributed by atoms with Crippen LogP contribution in [0.1, 0.15) is 32.1 Å². The van der Waals surface area contributed by atoms with Gasteiger partial charge >= 0.3 is 6.09 Å². The number of carbonyl (C=O) groups excluding carboxylic acids is 1. The van der Waals surface area contributed by atoms with E-state index in [2.05, 4.69) is 33.4 Å². The van der Waals surface area contributed by atoms with Crippen LogP contribution in [0.4, 0.5) is 4.79 Å². The summed E-state index contributed by atoms with van der Waals surface area (Å²) in [4.78, 5) is 15.0. The van der Waals surface area contributed by atoms with Crippen molar-refractivity contribution < 1.29 is 9.53 Å². The monoisotopic (exact) mass is 360 g/mol. The molecule has 0 aromatic carbocycles. The van der Waals surface area contributed by atoms with Gasteiger partial charge in [0.05, 0.1) is 3.79 Å². The van der Waals surface area contributed by atoms with Crippen LogP contribution in [0, 0.1) is 0 Å². The van der Waals surface area contributed by atoms with Crippen LogP contribution in [0.2, 0.25) is 0 Å². The second kappa shape index (κ2) is 6.45. The number of ether oxygens (including phenoxy) is 1. The summed E-state index contributed by atoms with van der Waals surface area (Å²) in [5.41, 5.74) is -0.425. The Balaban J connectivity index is 1.76. The number of nitrogens with one attached hydrogen (secondary N) is 1. The molecule has 0 aliphatic carbocycles. The number of rotatable bonds is 3. The molecule has 0 saturated carbocycles. The van der Waals surface area contributed by atoms with Gasteiger partial charge in [0.1, 0.15) is 5.60 Å². The number of likely N-dealkylation sites (tertiary alicyclic amines) is 1. The Morgan fingerprint density at radius 3 is 2.90 bits per heavy atom. The average molecular weight is 361 g/mol. The summed E-state index contributed by atoms with van der Waals surface area (Å²) >= 11 is 5.20. The van der Waals surface area contributed by atoms with Gasteiger partial charge in [-0.1, -0.05) is 0 Å². The number of nitrogens with zero attached hydrogens (tertiary/aromatic N) is 1. The van der Waals surface area contributed by atoms with Gasteiger partial charge in [0.2, 0.25) is 0 Å². The molecule has 0 bridgehead atoms. The normalized spacial score (nSPS) is 19.4. The first-order valence-electron chi connectivity index (χ1n) is 6.79. The van der Waals surface area contributed by atoms with Gasteiger partial charge in [-0.3, -0.25) is 0 Å². The van der Waals surface area contributed by atoms with Crippen LogP contribution in [0.5, 0.6) is 0 Å². The molecule has 1 aromatic heterocycles. The van der Waals surface area contributed by atoms with E-state index in [0.29, 0.717) is 6.04 Å². The van der Waals surface area contributed by atoms with Crippen molar-refractivity contribution in [2.24, 2.45) is 0 Å². The largest absolute Gasteiger partial charge is 0.444 e. The third-order valence-corrected chi connectivity index (χ3v) is 4.66. The maximum atomic E-state index is 12.0. The third kappa shape index (κ3) is 4.75. The van der Waals surface area contributed by atoms with Gasteiger partial charge in [0, 0.05) is 30.6 Å². The van der Waals surface area contributed by atoms with Gasteiger partial charge in [-0.05, 0) is 55.3 Å². The minimum absolute atomic E-state index is 0.208. The lowest BCUT2D eigenvalue weighted by atomic mass is 10.2. The van der Waals surface area contributed by atoms with Gasteiger partial charge < -0.3 is 15.0 Å². The number of halogens is 1. The second-order valence-electron chi connectivity index (χ2n) is 6.00. The Morgan fingerprint density at radius 2 is 2.30 bits per heavy atom. The number of carbonyl (C=O) groups is 1. The van der Waals surface area contributed by atoms with Gasteiger partial charge in [-0.2, -0.15) is 0 Å². The van der Waals surface area contributed by atoms with Crippen molar-refractivity contribution in [2.45, 2.75) is 45.4 Å². The fraction of sp³-hybridized carbons (Fsp3) is 0.643. The summed E-state index contributed by atoms with van der Waals surface area (Å²) < 4.78 is 6.54. The molecule has 1 unspecified atom stereocenters. The quantitative estimate of drug-likeness (QED) is 0.894. The molecule has 1 N–H and O–H groups in total. The van der Waals surface area contributed by atoms with Crippen LogP contribution in [-0.4, -0.2) is 35.7 Å². The predicted molar refractivity (Wildman–Crippen MR) is 85.1 cm³/mol. The minimum atomic E-state index is -0.425. The van der Waals surface area contributed by atoms with E-state index in [9.17, 15) is 4.79 Å². The summed E-state index contributed by atoms with van der Waals surface area (Å²) in [6.45, 7) is 8.02. The van der Waals surface area contributed by atoms with Crippen molar-refractivity contribution in [3.8, 4) is 0 Å². The summed E-state index contributed by atoms with van der Waals surface area (Å²) in [7, 11) is 0. The maximum Gasteiger partial charge on any atom is 0.410 e. The molecular formula is C14H21BrN2O2S. The van der Waals surface area contributed by atoms with Crippen LogP contribution >= 0.6 is 27.3 Å². The fourth-order valence-electron chi connectivity index (χ4n) is 2.11. The summed E-state index contributed by atoms with van der Waals surface area (Å²) in [5, 5.41) is 3.50. The molecule has 1 fully saturated rings. The van der Waals surface area contributed by atoms with E-state index < -0.39 is 5.60 Å². The highest BCUT2D eigenvalue weighted by atomic mass is 79.9. The van der Waals surface area contributed by atoms with E-state index in [-0.39, 0.29) is 6.09 Å². The van der Waals surface area contributed by atoms with E-state index in [1.165, 1.54) is 4.88 Å². The molecule has 20 heavy (non-hydrogen) atoms. The highest BCUT2D eigenvalue weighted by molar-refractivity contribution is 9.11. The van der Waals surface area contributed by atoms with Crippen LogP contribution in [0.25, 0.3) is 0 Å². The second-order valence-corrected chi connectivity index (χ2v) is 8.55. The Morgan fingerprint density at radius 1 is 1.55 bits per heavy atom. The zero-order valence-electron chi connectivity index (χ0n) is 12.1. The molecule has 1 aromatic rings. The Bertz CT molecular complexity index is 470. The molecular weight excluding hydrogens is 340 g/mol. The molecule has 0 radical (unpaired) electrons. The van der Waals surface area contributed by atoms with E-state index in [1.54, 1.807) is 16.2 Å². The average Bonchev–Trinajstić information content (AvgIpc) is 2.93. The SMILES string of the molecule is CC(C)(C)OC(=O)N1CCC(NCc2ccc(Br)s2)C1. The summed E-state index contributed by atoms with van der Waals surface area (Å²) in [5.74, 6) is 0. The molecule has 1 saturated heterocycles. The first-order valence-corrected chi connectivity index (χ1v) is 8.40. The lowest BCUT2D eigenvalue weighted by molar-refractivity contribution is 0.0291. The topological polar surface area (TPSA) is 41.6 Å². The van der Waals surface area contributed by atoms with E-state index in [4.69, 9.17) is 4.74 Å². The molecule has 112 valence electrons. The Hall–Kier alpha value is -0.590. The fourth-order valence-corrected chi connectivity index (χ4v) is 3.54. The molecule has 0 spiro atoms. The van der Waals surface area contributed by atoms with Gasteiger partial charge in [0.25, 0.3) is 0 Å². The van der Waals surface area contributed by atoms with E-state index in [0.717, 1.165) is 29.8 Å². The lowest BCUT2D eigenvalue weighted by Gasteiger charge is -2.24. The number of thiophene rings is 1. The first-order chi connectivity index (χ1) is 9.33. The van der Waals surface area contributed by atoms with Crippen LogP contribution in [-0.2, 0) is 11.3 Å². The van der Waals surface area contributed by atoms with Crippen LogP contribution in [0.15, 0.2) is 15.9 Å². The molecule has 1 atom stereocenters. The molecule has 4 nitrogen and oxygen atoms in total. The lowest BCUT2D eigenvalue weighted by Crippen LogP contribution is -2.38. The van der Waals surface area contributed by atoms with Crippen LogP contribution < -0.4 is 5.32 Å². The molecule has 1 aliphatic rings. The zero-order valence-corrected chi connectivity index (χ0v) is 14.5. The summed E-state index contributed by atoms with van der Waals surface area (Å²) in [6.07, 6.45) is 0.770. The van der Waals surface area contributed by atoms with Gasteiger partial charge in [0.15, 0.2) is 0 Å². The highest BCUT2D eigenvalue weighted by Crippen LogP contribution is 2.22. The Kier molecular flexibility index (Phi) is 5.09. The maximum absolute atomic E-state index is 12.0. The zero-order chi connectivity index (χ0) is 14.8. The number of amides is 1. The van der Waals surface area contributed by atoms with E-state index in [1.807, 2.05) is 20.8 Å². The number of hydrogen-bond donors (Lipinski definition) is 1. The Labute approximate surface area is 132 Å². The standard InChI is InChI=1S/C14H21BrN2O2S/c1-14(2,3)19-13(18)17-7-6-10(9-17)16-8-11-4-5-12(15)20-11/h4-5,10,16H,6-9H2,1-3H3. The van der Waals surface area contributed by atoms with Crippen molar-refractivity contribution in [3.05, 3.63) is 20.8 Å². The van der Waals surface area contributed by atoms with E-state index >= 15 is 0 Å². The van der Waals surface area contributed by atoms with Crippen LogP contribution in [0.3, 0.4) is 0 Å².